The summed E-state index contributed by atoms with van der Waals surface area (Å²) in [6.45, 7) is 0.213. The van der Waals surface area contributed by atoms with Crippen molar-refractivity contribution in [1.29, 1.82) is 0 Å². The number of nitrogens with one attached hydrogen (secondary N) is 1. The summed E-state index contributed by atoms with van der Waals surface area (Å²) in [5.74, 6) is -0.207. The van der Waals surface area contributed by atoms with Crippen molar-refractivity contribution in [3.05, 3.63) is 71.3 Å². The highest BCUT2D eigenvalue weighted by molar-refractivity contribution is 5.76. The molecule has 0 bridgehead atoms. The highest BCUT2D eigenvalue weighted by atomic mass is 19.4. The van der Waals surface area contributed by atoms with Crippen LogP contribution in [0, 0.1) is 0 Å². The van der Waals surface area contributed by atoms with Crippen molar-refractivity contribution >= 4 is 5.91 Å². The van der Waals surface area contributed by atoms with E-state index >= 15 is 0 Å². The van der Waals surface area contributed by atoms with Crippen LogP contribution in [0.25, 0.3) is 0 Å². The third kappa shape index (κ3) is 4.51. The van der Waals surface area contributed by atoms with Gasteiger partial charge in [0.15, 0.2) is 0 Å². The summed E-state index contributed by atoms with van der Waals surface area (Å²) in [5, 5.41) is 9.06. The lowest BCUT2D eigenvalue weighted by Gasteiger charge is -2.15. The van der Waals surface area contributed by atoms with E-state index in [-0.39, 0.29) is 30.5 Å². The van der Waals surface area contributed by atoms with Gasteiger partial charge >= 0.3 is 11.8 Å². The van der Waals surface area contributed by atoms with Crippen LogP contribution in [0.2, 0.25) is 0 Å². The molecule has 5 nitrogen and oxygen atoms in total. The summed E-state index contributed by atoms with van der Waals surface area (Å²) < 4.78 is 38.9. The highest BCUT2D eigenvalue weighted by Crippen LogP contribution is 2.52. The first kappa shape index (κ1) is 19.0. The van der Waals surface area contributed by atoms with E-state index in [2.05, 4.69) is 15.5 Å². The number of amides is 1. The van der Waals surface area contributed by atoms with Gasteiger partial charge in [0.2, 0.25) is 5.91 Å². The zero-order valence-corrected chi connectivity index (χ0v) is 14.4. The summed E-state index contributed by atoms with van der Waals surface area (Å²) >= 11 is 0. The molecule has 0 spiro atoms. The van der Waals surface area contributed by atoms with E-state index in [9.17, 15) is 18.0 Å². The Hall–Kier alpha value is -2.74. The molecule has 1 heterocycles. The molecule has 3 rings (SSSR count). The van der Waals surface area contributed by atoms with Crippen LogP contribution < -0.4 is 11.1 Å². The van der Waals surface area contributed by atoms with Crippen molar-refractivity contribution in [2.75, 3.05) is 0 Å². The number of nitrogens with two attached hydrogens (primary N) is 1. The lowest BCUT2D eigenvalue weighted by Crippen LogP contribution is -2.32. The summed E-state index contributed by atoms with van der Waals surface area (Å²) in [6, 6.07) is 15.0. The van der Waals surface area contributed by atoms with Crippen LogP contribution in [0.1, 0.15) is 23.1 Å². The minimum Gasteiger partial charge on any atom is -0.352 e. The average Bonchev–Trinajstić information content (AvgIpc) is 3.43. The molecule has 0 saturated heterocycles. The first-order valence-corrected chi connectivity index (χ1v) is 8.46. The molecule has 27 heavy (non-hydrogen) atoms. The van der Waals surface area contributed by atoms with Crippen molar-refractivity contribution in [1.82, 2.24) is 5.32 Å². The number of alkyl halides is 3. The van der Waals surface area contributed by atoms with Crippen molar-refractivity contribution in [2.24, 2.45) is 16.0 Å². The number of hydrogen-bond acceptors (Lipinski definition) is 4. The van der Waals surface area contributed by atoms with Gasteiger partial charge in [0.1, 0.15) is 0 Å². The van der Waals surface area contributed by atoms with Gasteiger partial charge in [0.05, 0.1) is 0 Å². The van der Waals surface area contributed by atoms with Crippen molar-refractivity contribution in [2.45, 2.75) is 37.3 Å². The molecule has 2 aromatic carbocycles. The van der Waals surface area contributed by atoms with Crippen molar-refractivity contribution in [3.63, 3.8) is 0 Å². The van der Waals surface area contributed by atoms with E-state index in [4.69, 9.17) is 5.73 Å². The highest BCUT2D eigenvalue weighted by Gasteiger charge is 2.65. The van der Waals surface area contributed by atoms with Crippen molar-refractivity contribution in [3.8, 4) is 0 Å². The Bertz CT molecular complexity index is 813. The number of benzene rings is 2. The predicted molar refractivity (Wildman–Crippen MR) is 93.6 cm³/mol. The second kappa shape index (κ2) is 7.48. The molecule has 3 N–H and O–H groups in total. The molecule has 1 aliphatic rings. The molecule has 0 aromatic heterocycles. The van der Waals surface area contributed by atoms with Crippen LogP contribution in [0.3, 0.4) is 0 Å². The Morgan fingerprint density at radius 3 is 2.22 bits per heavy atom. The predicted octanol–water partition coefficient (Wildman–Crippen LogP) is 3.44. The Morgan fingerprint density at radius 2 is 1.67 bits per heavy atom. The summed E-state index contributed by atoms with van der Waals surface area (Å²) in [6.07, 6.45) is -3.78. The molecular weight excluding hydrogens is 357 g/mol. The lowest BCUT2D eigenvalue weighted by atomic mass is 10.0. The Kier molecular flexibility index (Phi) is 5.27. The van der Waals surface area contributed by atoms with Crippen molar-refractivity contribution < 1.29 is 18.0 Å². The molecule has 0 aliphatic carbocycles. The second-order valence-electron chi connectivity index (χ2n) is 6.50. The summed E-state index contributed by atoms with van der Waals surface area (Å²) in [5.41, 5.74) is 5.29. The zero-order valence-electron chi connectivity index (χ0n) is 14.4. The monoisotopic (exact) mass is 376 g/mol. The van der Waals surface area contributed by atoms with E-state index in [0.29, 0.717) is 12.0 Å². The van der Waals surface area contributed by atoms with Gasteiger partial charge in [-0.1, -0.05) is 54.6 Å². The Balaban J connectivity index is 1.48. The number of rotatable bonds is 7. The molecule has 1 atom stereocenters. The zero-order chi connectivity index (χ0) is 19.5. The van der Waals surface area contributed by atoms with Gasteiger partial charge in [-0.3, -0.25) is 4.79 Å². The Morgan fingerprint density at radius 1 is 1.04 bits per heavy atom. The van der Waals surface area contributed by atoms with E-state index in [1.807, 2.05) is 30.3 Å². The molecule has 1 aliphatic heterocycles. The first-order valence-electron chi connectivity index (χ1n) is 8.46. The number of hydrogen-bond donors (Lipinski definition) is 2. The molecular formula is C19H19F3N4O. The molecule has 0 fully saturated rings. The lowest BCUT2D eigenvalue weighted by molar-refractivity contribution is -0.166. The van der Waals surface area contributed by atoms with Gasteiger partial charge in [-0.05, 0) is 17.5 Å². The molecule has 0 radical (unpaired) electrons. The fraction of sp³-hybridized carbons (Fsp3) is 0.316. The SMILES string of the molecule is N[C@@H](CC(=O)NCc1ccc(C2(C(F)(F)F)N=N2)cc1)Cc1ccccc1. The van der Waals surface area contributed by atoms with E-state index < -0.39 is 11.8 Å². The second-order valence-corrected chi connectivity index (χ2v) is 6.50. The normalized spacial score (nSPS) is 16.0. The standard InChI is InChI=1S/C19H19F3N4O/c20-19(21,22)18(25-26-18)15-8-6-14(7-9-15)12-24-17(27)11-16(23)10-13-4-2-1-3-5-13/h1-9,16H,10-12,23H2,(H,24,27)/t16-/m1/s1. The summed E-state index contributed by atoms with van der Waals surface area (Å²) in [7, 11) is 0. The largest absolute Gasteiger partial charge is 0.442 e. The molecule has 142 valence electrons. The maximum absolute atomic E-state index is 13.0. The molecule has 8 heteroatoms. The number of carbonyl (C=O) groups excluding carboxylic acids is 1. The molecule has 1 amide bonds. The van der Waals surface area contributed by atoms with Gasteiger partial charge < -0.3 is 11.1 Å². The Labute approximate surface area is 154 Å². The van der Waals surface area contributed by atoms with E-state index in [1.165, 1.54) is 24.3 Å². The van der Waals surface area contributed by atoms with Crippen LogP contribution in [0.15, 0.2) is 64.8 Å². The van der Waals surface area contributed by atoms with E-state index in [1.54, 1.807) is 0 Å². The van der Waals surface area contributed by atoms with Crippen LogP contribution >= 0.6 is 0 Å². The number of nitrogens with zero attached hydrogens (tertiary/aromatic N) is 2. The van der Waals surface area contributed by atoms with Crippen LogP contribution in [-0.4, -0.2) is 18.1 Å². The van der Waals surface area contributed by atoms with Crippen LogP contribution in [0.5, 0.6) is 0 Å². The topological polar surface area (TPSA) is 79.8 Å². The van der Waals surface area contributed by atoms with Gasteiger partial charge in [0, 0.05) is 24.6 Å². The van der Waals surface area contributed by atoms with Gasteiger partial charge in [0.25, 0.3) is 0 Å². The number of carbonyl (C=O) groups is 1. The third-order valence-corrected chi connectivity index (χ3v) is 4.33. The maximum Gasteiger partial charge on any atom is 0.442 e. The van der Waals surface area contributed by atoms with Gasteiger partial charge in [-0.15, -0.1) is 10.2 Å². The number of halogens is 3. The fourth-order valence-electron chi connectivity index (χ4n) is 2.80. The maximum atomic E-state index is 13.0. The minimum atomic E-state index is -4.54. The van der Waals surface area contributed by atoms with E-state index in [0.717, 1.165) is 5.56 Å². The molecule has 0 unspecified atom stereocenters. The first-order chi connectivity index (χ1) is 12.8. The van der Waals surface area contributed by atoms with Gasteiger partial charge in [-0.2, -0.15) is 13.2 Å². The average molecular weight is 376 g/mol. The smallest absolute Gasteiger partial charge is 0.352 e. The summed E-state index contributed by atoms with van der Waals surface area (Å²) in [4.78, 5) is 12.0. The van der Waals surface area contributed by atoms with Gasteiger partial charge in [-0.25, -0.2) is 0 Å². The van der Waals surface area contributed by atoms with Crippen LogP contribution in [-0.2, 0) is 23.4 Å². The van der Waals surface area contributed by atoms with Crippen LogP contribution in [0.4, 0.5) is 13.2 Å². The minimum absolute atomic E-state index is 0.0324. The quantitative estimate of drug-likeness (QED) is 0.776. The third-order valence-electron chi connectivity index (χ3n) is 4.33. The molecule has 2 aromatic rings. The molecule has 0 saturated carbocycles. The fourth-order valence-corrected chi connectivity index (χ4v) is 2.80.